The Morgan fingerprint density at radius 2 is 1.96 bits per heavy atom. The summed E-state index contributed by atoms with van der Waals surface area (Å²) in [5, 5.41) is 10.6. The van der Waals surface area contributed by atoms with Crippen molar-refractivity contribution in [3.63, 3.8) is 0 Å². The maximum absolute atomic E-state index is 11.6. The summed E-state index contributed by atoms with van der Waals surface area (Å²) in [6, 6.07) is 0. The van der Waals surface area contributed by atoms with Crippen molar-refractivity contribution < 1.29 is 9.53 Å². The fourth-order valence-electron chi connectivity index (χ4n) is 2.67. The highest BCUT2D eigenvalue weighted by molar-refractivity contribution is 5.79. The van der Waals surface area contributed by atoms with Crippen molar-refractivity contribution >= 4 is 12.1 Å². The lowest BCUT2D eigenvalue weighted by molar-refractivity contribution is 0.0527. The fourth-order valence-corrected chi connectivity index (χ4v) is 2.67. The summed E-state index contributed by atoms with van der Waals surface area (Å²) < 4.78 is 7.07. The Morgan fingerprint density at radius 3 is 2.52 bits per heavy atom. The third-order valence-electron chi connectivity index (χ3n) is 3.77. The van der Waals surface area contributed by atoms with Crippen LogP contribution in [0.2, 0.25) is 0 Å². The molecule has 8 nitrogen and oxygen atoms in total. The van der Waals surface area contributed by atoms with Crippen LogP contribution in [-0.2, 0) is 18.3 Å². The van der Waals surface area contributed by atoms with Gasteiger partial charge < -0.3 is 20.3 Å². The largest absolute Gasteiger partial charge is 0.444 e. The third kappa shape index (κ3) is 8.32. The molecule has 1 heterocycles. The van der Waals surface area contributed by atoms with E-state index >= 15 is 0 Å². The van der Waals surface area contributed by atoms with Crippen LogP contribution in [0.25, 0.3) is 0 Å². The minimum Gasteiger partial charge on any atom is -0.444 e. The average Bonchev–Trinajstić information content (AvgIpc) is 2.89. The molecule has 27 heavy (non-hydrogen) atoms. The first-order valence-corrected chi connectivity index (χ1v) is 9.44. The normalized spacial score (nSPS) is 12.3. The van der Waals surface area contributed by atoms with Gasteiger partial charge in [-0.15, -0.1) is 0 Å². The van der Waals surface area contributed by atoms with E-state index in [1.807, 2.05) is 39.5 Å². The van der Waals surface area contributed by atoms with E-state index in [4.69, 9.17) is 4.74 Å². The van der Waals surface area contributed by atoms with E-state index in [2.05, 4.69) is 45.7 Å². The second-order valence-corrected chi connectivity index (χ2v) is 7.98. The third-order valence-corrected chi connectivity index (χ3v) is 3.77. The summed E-state index contributed by atoms with van der Waals surface area (Å²) in [4.78, 5) is 18.0. The minimum atomic E-state index is -0.478. The molecule has 0 aliphatic carbocycles. The number of nitrogens with zero attached hydrogens (tertiary/aromatic N) is 4. The predicted molar refractivity (Wildman–Crippen MR) is 109 cm³/mol. The highest BCUT2D eigenvalue weighted by Crippen LogP contribution is 2.18. The number of aryl methyl sites for hydroxylation is 1. The van der Waals surface area contributed by atoms with Crippen LogP contribution in [-0.4, -0.2) is 59.5 Å². The second kappa shape index (κ2) is 10.2. The lowest BCUT2D eigenvalue weighted by Crippen LogP contribution is -2.40. The van der Waals surface area contributed by atoms with Crippen LogP contribution in [0.4, 0.5) is 4.79 Å². The van der Waals surface area contributed by atoms with Gasteiger partial charge in [0.1, 0.15) is 5.60 Å². The molecule has 1 amide bonds. The summed E-state index contributed by atoms with van der Waals surface area (Å²) >= 11 is 0. The van der Waals surface area contributed by atoms with Crippen LogP contribution in [0.1, 0.15) is 58.2 Å². The van der Waals surface area contributed by atoms with Gasteiger partial charge in [-0.05, 0) is 33.1 Å². The summed E-state index contributed by atoms with van der Waals surface area (Å²) in [5.41, 5.74) is 1.83. The fraction of sp³-hybridized carbons (Fsp3) is 0.737. The van der Waals surface area contributed by atoms with Gasteiger partial charge in [0.05, 0.1) is 5.69 Å². The number of guanidine groups is 1. The van der Waals surface area contributed by atoms with Crippen molar-refractivity contribution in [1.29, 1.82) is 0 Å². The number of ether oxygens (including phenoxy) is 1. The van der Waals surface area contributed by atoms with Crippen LogP contribution in [0, 0.1) is 0 Å². The minimum absolute atomic E-state index is 0.378. The van der Waals surface area contributed by atoms with Crippen LogP contribution in [0.15, 0.2) is 11.2 Å². The van der Waals surface area contributed by atoms with Gasteiger partial charge in [-0.1, -0.05) is 13.8 Å². The Labute approximate surface area is 163 Å². The van der Waals surface area contributed by atoms with Crippen LogP contribution < -0.4 is 10.6 Å². The molecule has 1 aromatic rings. The Kier molecular flexibility index (Phi) is 8.59. The second-order valence-electron chi connectivity index (χ2n) is 7.98. The van der Waals surface area contributed by atoms with Gasteiger partial charge in [0.15, 0.2) is 5.96 Å². The SMILES string of the molecule is CN=C(NCCCNC(=O)OC(C)(C)C)N(C)Cc1cn(C)nc1C(C)C. The number of hydrogen-bond acceptors (Lipinski definition) is 4. The van der Waals surface area contributed by atoms with E-state index < -0.39 is 5.60 Å². The highest BCUT2D eigenvalue weighted by Gasteiger charge is 2.16. The van der Waals surface area contributed by atoms with E-state index in [-0.39, 0.29) is 6.09 Å². The lowest BCUT2D eigenvalue weighted by atomic mass is 10.1. The van der Waals surface area contributed by atoms with Gasteiger partial charge in [0.2, 0.25) is 0 Å². The van der Waals surface area contributed by atoms with E-state index in [0.29, 0.717) is 19.0 Å². The number of carbonyl (C=O) groups is 1. The molecule has 1 rings (SSSR count). The van der Waals surface area contributed by atoms with Crippen molar-refractivity contribution in [2.24, 2.45) is 12.0 Å². The number of alkyl carbamates (subject to hydrolysis) is 1. The van der Waals surface area contributed by atoms with Crippen LogP contribution >= 0.6 is 0 Å². The molecule has 0 aliphatic heterocycles. The number of hydrogen-bond donors (Lipinski definition) is 2. The van der Waals surface area contributed by atoms with Crippen LogP contribution in [0.5, 0.6) is 0 Å². The Morgan fingerprint density at radius 1 is 1.33 bits per heavy atom. The van der Waals surface area contributed by atoms with Crippen molar-refractivity contribution in [2.45, 2.75) is 59.1 Å². The maximum atomic E-state index is 11.6. The molecule has 0 saturated heterocycles. The number of carbonyl (C=O) groups excluding carboxylic acids is 1. The first-order chi connectivity index (χ1) is 12.5. The molecule has 0 spiro atoms. The molecule has 8 heteroatoms. The number of aliphatic imine (C=N–C) groups is 1. The molecular weight excluding hydrogens is 344 g/mol. The smallest absolute Gasteiger partial charge is 0.407 e. The van der Waals surface area contributed by atoms with E-state index in [0.717, 1.165) is 24.6 Å². The monoisotopic (exact) mass is 380 g/mol. The summed E-state index contributed by atoms with van der Waals surface area (Å²) in [5.74, 6) is 1.19. The van der Waals surface area contributed by atoms with E-state index in [9.17, 15) is 4.79 Å². The molecule has 0 fully saturated rings. The summed E-state index contributed by atoms with van der Waals surface area (Å²) in [6.07, 6.45) is 2.45. The standard InChI is InChI=1S/C19H36N6O2/c1-14(2)16-15(13-25(8)23-16)12-24(7)17(20-6)21-10-9-11-22-18(26)27-19(3,4)5/h13-14H,9-12H2,1-8H3,(H,20,21)(H,22,26). The van der Waals surface area contributed by atoms with Crippen molar-refractivity contribution in [3.05, 3.63) is 17.5 Å². The maximum Gasteiger partial charge on any atom is 0.407 e. The average molecular weight is 381 g/mol. The quantitative estimate of drug-likeness (QED) is 0.431. The van der Waals surface area contributed by atoms with Gasteiger partial charge in [-0.25, -0.2) is 4.79 Å². The molecule has 2 N–H and O–H groups in total. The Bertz CT molecular complexity index is 631. The number of rotatable bonds is 7. The number of aromatic nitrogens is 2. The zero-order valence-corrected chi connectivity index (χ0v) is 18.1. The van der Waals surface area contributed by atoms with E-state index in [1.165, 1.54) is 5.56 Å². The molecule has 1 aromatic heterocycles. The highest BCUT2D eigenvalue weighted by atomic mass is 16.6. The first kappa shape index (κ1) is 22.8. The van der Waals surface area contributed by atoms with Crippen molar-refractivity contribution in [3.8, 4) is 0 Å². The van der Waals surface area contributed by atoms with Gasteiger partial charge >= 0.3 is 6.09 Å². The van der Waals surface area contributed by atoms with Gasteiger partial charge in [-0.2, -0.15) is 5.10 Å². The topological polar surface area (TPSA) is 83.8 Å². The first-order valence-electron chi connectivity index (χ1n) is 9.44. The number of amides is 1. The molecule has 0 bridgehead atoms. The van der Waals surface area contributed by atoms with Crippen molar-refractivity contribution in [1.82, 2.24) is 25.3 Å². The predicted octanol–water partition coefficient (Wildman–Crippen LogP) is 2.47. The van der Waals surface area contributed by atoms with Gasteiger partial charge in [-0.3, -0.25) is 9.67 Å². The molecule has 0 aliphatic rings. The molecule has 0 aromatic carbocycles. The molecule has 0 saturated carbocycles. The van der Waals surface area contributed by atoms with E-state index in [1.54, 1.807) is 7.05 Å². The molecule has 154 valence electrons. The summed E-state index contributed by atoms with van der Waals surface area (Å²) in [6.45, 7) is 11.8. The zero-order valence-electron chi connectivity index (χ0n) is 18.1. The number of nitrogens with one attached hydrogen (secondary N) is 2. The van der Waals surface area contributed by atoms with Crippen molar-refractivity contribution in [2.75, 3.05) is 27.2 Å². The van der Waals surface area contributed by atoms with Gasteiger partial charge in [0.25, 0.3) is 0 Å². The molecular formula is C19H36N6O2. The summed E-state index contributed by atoms with van der Waals surface area (Å²) in [7, 11) is 5.72. The lowest BCUT2D eigenvalue weighted by Gasteiger charge is -2.22. The molecule has 0 atom stereocenters. The zero-order chi connectivity index (χ0) is 20.6. The van der Waals surface area contributed by atoms with Gasteiger partial charge in [0, 0.05) is 52.5 Å². The molecule has 0 radical (unpaired) electrons. The molecule has 0 unspecified atom stereocenters. The Balaban J connectivity index is 2.43. The van der Waals surface area contributed by atoms with Crippen LogP contribution in [0.3, 0.4) is 0 Å². The Hall–Kier alpha value is -2.25.